The highest BCUT2D eigenvalue weighted by atomic mass is 16.3. The molecule has 0 radical (unpaired) electrons. The summed E-state index contributed by atoms with van der Waals surface area (Å²) in [6, 6.07) is 12.0. The molecular formula is C17H19N3O. The average Bonchev–Trinajstić information content (AvgIpc) is 2.83. The number of anilines is 1. The normalized spacial score (nSPS) is 11.2. The number of nitrogens with zero attached hydrogens (tertiary/aromatic N) is 2. The zero-order valence-electron chi connectivity index (χ0n) is 12.3. The third-order valence-electron chi connectivity index (χ3n) is 3.90. The zero-order chi connectivity index (χ0) is 15.0. The van der Waals surface area contributed by atoms with Crippen molar-refractivity contribution in [2.24, 2.45) is 0 Å². The molecule has 0 saturated carbocycles. The molecule has 4 heteroatoms. The van der Waals surface area contributed by atoms with Gasteiger partial charge in [-0.3, -0.25) is 0 Å². The molecule has 0 saturated heterocycles. The monoisotopic (exact) mass is 281 g/mol. The van der Waals surface area contributed by atoms with Crippen LogP contribution >= 0.6 is 0 Å². The summed E-state index contributed by atoms with van der Waals surface area (Å²) in [5.74, 6) is 0.847. The molecule has 108 valence electrons. The van der Waals surface area contributed by atoms with E-state index in [1.54, 1.807) is 0 Å². The maximum absolute atomic E-state index is 9.36. The molecule has 0 spiro atoms. The van der Waals surface area contributed by atoms with Crippen molar-refractivity contribution < 1.29 is 5.11 Å². The number of aromatic nitrogens is 2. The number of hydrogen-bond acceptors (Lipinski definition) is 3. The molecule has 3 rings (SSSR count). The molecule has 0 bridgehead atoms. The van der Waals surface area contributed by atoms with Crippen LogP contribution in [0.25, 0.3) is 22.4 Å². The predicted octanol–water partition coefficient (Wildman–Crippen LogP) is 2.89. The molecule has 0 aliphatic heterocycles. The summed E-state index contributed by atoms with van der Waals surface area (Å²) in [6.07, 6.45) is 0. The number of aliphatic hydroxyl groups excluding tert-OH is 1. The van der Waals surface area contributed by atoms with Crippen LogP contribution in [0.2, 0.25) is 0 Å². The standard InChI is InChI=1S/C17H19N3O/c1-11-6-7-13(10-12(11)2)17-19-16-14(18)4-3-5-15(16)20(17)8-9-21/h3-7,10,21H,8-9,18H2,1-2H3. The molecule has 0 aliphatic rings. The van der Waals surface area contributed by atoms with E-state index >= 15 is 0 Å². The molecule has 21 heavy (non-hydrogen) atoms. The third kappa shape index (κ3) is 2.28. The maximum atomic E-state index is 9.36. The van der Waals surface area contributed by atoms with E-state index in [0.717, 1.165) is 22.4 Å². The molecule has 1 heterocycles. The van der Waals surface area contributed by atoms with Crippen LogP contribution in [0.3, 0.4) is 0 Å². The molecular weight excluding hydrogens is 262 g/mol. The van der Waals surface area contributed by atoms with E-state index in [-0.39, 0.29) is 6.61 Å². The topological polar surface area (TPSA) is 64.1 Å². The van der Waals surface area contributed by atoms with Gasteiger partial charge in [0.2, 0.25) is 0 Å². The summed E-state index contributed by atoms with van der Waals surface area (Å²) < 4.78 is 2.02. The van der Waals surface area contributed by atoms with Gasteiger partial charge in [-0.05, 0) is 43.2 Å². The Labute approximate surface area is 123 Å². The first-order valence-electron chi connectivity index (χ1n) is 7.05. The van der Waals surface area contributed by atoms with Crippen molar-refractivity contribution in [3.05, 3.63) is 47.5 Å². The largest absolute Gasteiger partial charge is 0.397 e. The number of benzene rings is 2. The van der Waals surface area contributed by atoms with Gasteiger partial charge in [0.25, 0.3) is 0 Å². The summed E-state index contributed by atoms with van der Waals surface area (Å²) in [5.41, 5.74) is 12.0. The molecule has 0 aliphatic carbocycles. The Morgan fingerprint density at radius 2 is 1.95 bits per heavy atom. The first-order valence-corrected chi connectivity index (χ1v) is 7.05. The first kappa shape index (κ1) is 13.6. The molecule has 0 atom stereocenters. The first-order chi connectivity index (χ1) is 10.1. The maximum Gasteiger partial charge on any atom is 0.141 e. The van der Waals surface area contributed by atoms with Gasteiger partial charge in [0, 0.05) is 12.1 Å². The lowest BCUT2D eigenvalue weighted by molar-refractivity contribution is 0.278. The van der Waals surface area contributed by atoms with E-state index in [1.807, 2.05) is 22.8 Å². The number of hydrogen-bond donors (Lipinski definition) is 2. The molecule has 3 aromatic rings. The van der Waals surface area contributed by atoms with Gasteiger partial charge in [0.15, 0.2) is 0 Å². The number of nitrogens with two attached hydrogens (primary N) is 1. The lowest BCUT2D eigenvalue weighted by Crippen LogP contribution is -2.04. The van der Waals surface area contributed by atoms with E-state index in [4.69, 9.17) is 10.7 Å². The van der Waals surface area contributed by atoms with Gasteiger partial charge in [0.05, 0.1) is 17.8 Å². The highest BCUT2D eigenvalue weighted by Crippen LogP contribution is 2.28. The summed E-state index contributed by atoms with van der Waals surface area (Å²) in [4.78, 5) is 4.70. The molecule has 0 unspecified atom stereocenters. The van der Waals surface area contributed by atoms with Crippen LogP contribution in [0.1, 0.15) is 11.1 Å². The number of para-hydroxylation sites is 1. The lowest BCUT2D eigenvalue weighted by atomic mass is 10.1. The average molecular weight is 281 g/mol. The fraction of sp³-hybridized carbons (Fsp3) is 0.235. The Kier molecular flexibility index (Phi) is 3.39. The summed E-state index contributed by atoms with van der Waals surface area (Å²) >= 11 is 0. The van der Waals surface area contributed by atoms with Crippen molar-refractivity contribution in [3.63, 3.8) is 0 Å². The van der Waals surface area contributed by atoms with Crippen LogP contribution in [0.5, 0.6) is 0 Å². The van der Waals surface area contributed by atoms with Crippen molar-refractivity contribution in [1.82, 2.24) is 9.55 Å². The fourth-order valence-electron chi connectivity index (χ4n) is 2.60. The molecule has 0 fully saturated rings. The Morgan fingerprint density at radius 3 is 2.67 bits per heavy atom. The van der Waals surface area contributed by atoms with E-state index in [0.29, 0.717) is 12.2 Å². The summed E-state index contributed by atoms with van der Waals surface area (Å²) in [5, 5.41) is 9.36. The molecule has 1 aromatic heterocycles. The van der Waals surface area contributed by atoms with Gasteiger partial charge in [-0.1, -0.05) is 18.2 Å². The van der Waals surface area contributed by atoms with Crippen molar-refractivity contribution in [2.45, 2.75) is 20.4 Å². The molecule has 2 aromatic carbocycles. The second kappa shape index (κ2) is 5.22. The Hall–Kier alpha value is -2.33. The lowest BCUT2D eigenvalue weighted by Gasteiger charge is -2.09. The molecule has 0 amide bonds. The number of imidazole rings is 1. The second-order valence-corrected chi connectivity index (χ2v) is 5.32. The van der Waals surface area contributed by atoms with Crippen LogP contribution in [0.4, 0.5) is 5.69 Å². The van der Waals surface area contributed by atoms with Gasteiger partial charge < -0.3 is 15.4 Å². The second-order valence-electron chi connectivity index (χ2n) is 5.32. The van der Waals surface area contributed by atoms with Crippen molar-refractivity contribution in [2.75, 3.05) is 12.3 Å². The van der Waals surface area contributed by atoms with Gasteiger partial charge in [-0.2, -0.15) is 0 Å². The van der Waals surface area contributed by atoms with Crippen LogP contribution in [-0.4, -0.2) is 21.3 Å². The Morgan fingerprint density at radius 1 is 1.14 bits per heavy atom. The third-order valence-corrected chi connectivity index (χ3v) is 3.90. The smallest absolute Gasteiger partial charge is 0.141 e. The minimum Gasteiger partial charge on any atom is -0.397 e. The van der Waals surface area contributed by atoms with Crippen molar-refractivity contribution in [3.8, 4) is 11.4 Å². The minimum absolute atomic E-state index is 0.0676. The zero-order valence-corrected chi connectivity index (χ0v) is 12.3. The highest BCUT2D eigenvalue weighted by molar-refractivity contribution is 5.90. The van der Waals surface area contributed by atoms with Gasteiger partial charge in [-0.25, -0.2) is 4.98 Å². The van der Waals surface area contributed by atoms with Gasteiger partial charge in [-0.15, -0.1) is 0 Å². The van der Waals surface area contributed by atoms with E-state index < -0.39 is 0 Å². The van der Waals surface area contributed by atoms with E-state index in [9.17, 15) is 5.11 Å². The number of fused-ring (bicyclic) bond motifs is 1. The van der Waals surface area contributed by atoms with Crippen LogP contribution in [0.15, 0.2) is 36.4 Å². The quantitative estimate of drug-likeness (QED) is 0.726. The van der Waals surface area contributed by atoms with Gasteiger partial charge in [0.1, 0.15) is 11.3 Å². The predicted molar refractivity (Wildman–Crippen MR) is 86.1 cm³/mol. The summed E-state index contributed by atoms with van der Waals surface area (Å²) in [6.45, 7) is 4.75. The Bertz CT molecular complexity index is 805. The van der Waals surface area contributed by atoms with E-state index in [2.05, 4.69) is 32.0 Å². The van der Waals surface area contributed by atoms with Crippen LogP contribution < -0.4 is 5.73 Å². The minimum atomic E-state index is 0.0676. The Balaban J connectivity index is 2.27. The SMILES string of the molecule is Cc1ccc(-c2nc3c(N)cccc3n2CCO)cc1C. The number of aryl methyl sites for hydroxylation is 2. The van der Waals surface area contributed by atoms with Crippen molar-refractivity contribution in [1.29, 1.82) is 0 Å². The molecule has 4 nitrogen and oxygen atoms in total. The number of aliphatic hydroxyl groups is 1. The fourth-order valence-corrected chi connectivity index (χ4v) is 2.60. The van der Waals surface area contributed by atoms with Crippen molar-refractivity contribution >= 4 is 16.7 Å². The summed E-state index contributed by atoms with van der Waals surface area (Å²) in [7, 11) is 0. The molecule has 3 N–H and O–H groups in total. The van der Waals surface area contributed by atoms with Gasteiger partial charge >= 0.3 is 0 Å². The number of nitrogen functional groups attached to an aromatic ring is 1. The highest BCUT2D eigenvalue weighted by Gasteiger charge is 2.14. The van der Waals surface area contributed by atoms with Crippen LogP contribution in [-0.2, 0) is 6.54 Å². The van der Waals surface area contributed by atoms with E-state index in [1.165, 1.54) is 11.1 Å². The number of rotatable bonds is 3. The van der Waals surface area contributed by atoms with Crippen LogP contribution in [0, 0.1) is 13.8 Å².